The van der Waals surface area contributed by atoms with Crippen LogP contribution in [0.15, 0.2) is 84.9 Å². The first kappa shape index (κ1) is 23.7. The first-order valence-electron chi connectivity index (χ1n) is 11.5. The smallest absolute Gasteiger partial charge is 0.256 e. The average Bonchev–Trinajstić information content (AvgIpc) is 2.85. The van der Waals surface area contributed by atoms with Gasteiger partial charge < -0.3 is 15.4 Å². The van der Waals surface area contributed by atoms with Gasteiger partial charge in [-0.15, -0.1) is 0 Å². The third kappa shape index (κ3) is 6.54. The lowest BCUT2D eigenvalue weighted by atomic mass is 10.0. The summed E-state index contributed by atoms with van der Waals surface area (Å²) in [5.74, 6) is 1.16. The zero-order chi connectivity index (χ0) is 24.6. The number of ether oxygens (including phenoxy) is 1. The Labute approximate surface area is 205 Å². The Hall–Kier alpha value is -4.45. The van der Waals surface area contributed by atoms with Gasteiger partial charge >= 0.3 is 0 Å². The minimum Gasteiger partial charge on any atom is -0.494 e. The van der Waals surface area contributed by atoms with Crippen LogP contribution in [0.25, 0.3) is 11.6 Å². The van der Waals surface area contributed by atoms with E-state index in [0.717, 1.165) is 34.0 Å². The van der Waals surface area contributed by atoms with Crippen LogP contribution in [0.2, 0.25) is 0 Å². The Morgan fingerprint density at radius 1 is 0.857 bits per heavy atom. The molecule has 0 aliphatic carbocycles. The number of amides is 1. The summed E-state index contributed by atoms with van der Waals surface area (Å²) in [7, 11) is 0. The van der Waals surface area contributed by atoms with Crippen LogP contribution < -0.4 is 15.4 Å². The van der Waals surface area contributed by atoms with E-state index in [9.17, 15) is 4.79 Å². The SMILES string of the molecule is CCOc1ccc(/C=C(/C(=O)Nc2ccc(Nc3nc(C)cc(C)n3)cc2)c2ccccc2)cc1. The minimum atomic E-state index is -0.191. The molecule has 1 heterocycles. The summed E-state index contributed by atoms with van der Waals surface area (Å²) in [6.07, 6.45) is 1.88. The van der Waals surface area contributed by atoms with Gasteiger partial charge in [-0.3, -0.25) is 4.79 Å². The lowest BCUT2D eigenvalue weighted by Gasteiger charge is -2.11. The zero-order valence-corrected chi connectivity index (χ0v) is 20.1. The maximum atomic E-state index is 13.3. The number of carbonyl (C=O) groups is 1. The first-order chi connectivity index (χ1) is 17.0. The van der Waals surface area contributed by atoms with Gasteiger partial charge in [-0.1, -0.05) is 42.5 Å². The summed E-state index contributed by atoms with van der Waals surface area (Å²) in [5, 5.41) is 6.22. The normalized spacial score (nSPS) is 11.1. The van der Waals surface area contributed by atoms with Gasteiger partial charge in [0.1, 0.15) is 5.75 Å². The molecule has 1 aromatic heterocycles. The van der Waals surface area contributed by atoms with Crippen molar-refractivity contribution in [3.8, 4) is 5.75 Å². The molecule has 0 spiro atoms. The van der Waals surface area contributed by atoms with E-state index in [4.69, 9.17) is 4.74 Å². The molecular formula is C29H28N4O2. The molecule has 0 bridgehead atoms. The number of nitrogens with zero attached hydrogens (tertiary/aromatic N) is 2. The molecule has 1 amide bonds. The molecule has 0 aliphatic rings. The Morgan fingerprint density at radius 2 is 1.49 bits per heavy atom. The molecule has 0 saturated carbocycles. The van der Waals surface area contributed by atoms with Crippen molar-refractivity contribution < 1.29 is 9.53 Å². The predicted octanol–water partition coefficient (Wildman–Crippen LogP) is 6.42. The molecule has 3 aromatic carbocycles. The fraction of sp³-hybridized carbons (Fsp3) is 0.138. The molecule has 2 N–H and O–H groups in total. The highest BCUT2D eigenvalue weighted by atomic mass is 16.5. The van der Waals surface area contributed by atoms with Crippen LogP contribution in [0, 0.1) is 13.8 Å². The Morgan fingerprint density at radius 3 is 2.11 bits per heavy atom. The molecule has 0 aliphatic heterocycles. The van der Waals surface area contributed by atoms with Crippen LogP contribution in [-0.4, -0.2) is 22.5 Å². The quantitative estimate of drug-likeness (QED) is 0.233. The van der Waals surface area contributed by atoms with E-state index in [2.05, 4.69) is 20.6 Å². The van der Waals surface area contributed by atoms with Crippen LogP contribution in [0.4, 0.5) is 17.3 Å². The highest BCUT2D eigenvalue weighted by Crippen LogP contribution is 2.23. The third-order valence-electron chi connectivity index (χ3n) is 5.21. The largest absolute Gasteiger partial charge is 0.494 e. The molecule has 0 saturated heterocycles. The molecule has 0 atom stereocenters. The van der Waals surface area contributed by atoms with Gasteiger partial charge in [-0.2, -0.15) is 0 Å². The first-order valence-corrected chi connectivity index (χ1v) is 11.5. The lowest BCUT2D eigenvalue weighted by molar-refractivity contribution is -0.111. The van der Waals surface area contributed by atoms with Gasteiger partial charge in [-0.25, -0.2) is 9.97 Å². The monoisotopic (exact) mass is 464 g/mol. The van der Waals surface area contributed by atoms with Crippen molar-refractivity contribution in [1.29, 1.82) is 0 Å². The van der Waals surface area contributed by atoms with E-state index < -0.39 is 0 Å². The van der Waals surface area contributed by atoms with Gasteiger partial charge in [0.05, 0.1) is 6.61 Å². The van der Waals surface area contributed by atoms with Gasteiger partial charge in [-0.05, 0) is 80.4 Å². The van der Waals surface area contributed by atoms with E-state index in [-0.39, 0.29) is 5.91 Å². The molecule has 0 radical (unpaired) electrons. The Bertz CT molecular complexity index is 1300. The predicted molar refractivity (Wildman–Crippen MR) is 142 cm³/mol. The Kier molecular flexibility index (Phi) is 7.53. The second-order valence-electron chi connectivity index (χ2n) is 8.06. The number of rotatable bonds is 8. The number of aromatic nitrogens is 2. The maximum Gasteiger partial charge on any atom is 0.256 e. The summed E-state index contributed by atoms with van der Waals surface area (Å²) < 4.78 is 5.52. The van der Waals surface area contributed by atoms with Gasteiger partial charge in [0.15, 0.2) is 0 Å². The van der Waals surface area contributed by atoms with E-state index in [1.807, 2.05) is 112 Å². The van der Waals surface area contributed by atoms with E-state index >= 15 is 0 Å². The van der Waals surface area contributed by atoms with Crippen molar-refractivity contribution in [2.45, 2.75) is 20.8 Å². The van der Waals surface area contributed by atoms with Gasteiger partial charge in [0.25, 0.3) is 5.91 Å². The third-order valence-corrected chi connectivity index (χ3v) is 5.21. The molecule has 0 fully saturated rings. The number of benzene rings is 3. The van der Waals surface area contributed by atoms with Crippen molar-refractivity contribution in [2.24, 2.45) is 0 Å². The molecule has 176 valence electrons. The number of aryl methyl sites for hydroxylation is 2. The Balaban J connectivity index is 1.52. The second-order valence-corrected chi connectivity index (χ2v) is 8.06. The maximum absolute atomic E-state index is 13.3. The fourth-order valence-corrected chi connectivity index (χ4v) is 3.64. The molecule has 4 rings (SSSR count). The van der Waals surface area contributed by atoms with Crippen LogP contribution in [0.3, 0.4) is 0 Å². The van der Waals surface area contributed by atoms with Crippen molar-refractivity contribution in [1.82, 2.24) is 9.97 Å². The van der Waals surface area contributed by atoms with Crippen molar-refractivity contribution >= 4 is 34.9 Å². The van der Waals surface area contributed by atoms with E-state index in [1.165, 1.54) is 0 Å². The average molecular weight is 465 g/mol. The number of hydrogen-bond acceptors (Lipinski definition) is 5. The fourth-order valence-electron chi connectivity index (χ4n) is 3.64. The molecular weight excluding hydrogens is 436 g/mol. The topological polar surface area (TPSA) is 76.1 Å². The highest BCUT2D eigenvalue weighted by Gasteiger charge is 2.13. The number of nitrogens with one attached hydrogen (secondary N) is 2. The van der Waals surface area contributed by atoms with Crippen molar-refractivity contribution in [2.75, 3.05) is 17.2 Å². The summed E-state index contributed by atoms with van der Waals surface area (Å²) >= 11 is 0. The molecule has 0 unspecified atom stereocenters. The van der Waals surface area contributed by atoms with Crippen LogP contribution in [-0.2, 0) is 4.79 Å². The van der Waals surface area contributed by atoms with Crippen LogP contribution >= 0.6 is 0 Å². The molecule has 4 aromatic rings. The van der Waals surface area contributed by atoms with Crippen LogP contribution in [0.1, 0.15) is 29.4 Å². The number of hydrogen-bond donors (Lipinski definition) is 2. The highest BCUT2D eigenvalue weighted by molar-refractivity contribution is 6.29. The van der Waals surface area contributed by atoms with E-state index in [1.54, 1.807) is 0 Å². The molecule has 6 nitrogen and oxygen atoms in total. The second kappa shape index (κ2) is 11.1. The molecule has 35 heavy (non-hydrogen) atoms. The summed E-state index contributed by atoms with van der Waals surface area (Å²) in [5.41, 5.74) is 5.64. The standard InChI is InChI=1S/C29H28N4O2/c1-4-35-26-16-10-22(11-17-26)19-27(23-8-6-5-7-9-23)28(34)32-24-12-14-25(15-13-24)33-29-30-20(2)18-21(3)31-29/h5-19H,4H2,1-3H3,(H,32,34)(H,30,31,33)/b27-19+. The molecule has 6 heteroatoms. The zero-order valence-electron chi connectivity index (χ0n) is 20.1. The number of anilines is 3. The van der Waals surface area contributed by atoms with E-state index in [0.29, 0.717) is 23.8 Å². The summed E-state index contributed by atoms with van der Waals surface area (Å²) in [4.78, 5) is 22.1. The number of carbonyl (C=O) groups excluding carboxylic acids is 1. The van der Waals surface area contributed by atoms with Gasteiger partial charge in [0, 0.05) is 28.3 Å². The summed E-state index contributed by atoms with van der Waals surface area (Å²) in [6.45, 7) is 6.43. The van der Waals surface area contributed by atoms with Crippen molar-refractivity contribution in [3.05, 3.63) is 107 Å². The lowest BCUT2D eigenvalue weighted by Crippen LogP contribution is -2.13. The van der Waals surface area contributed by atoms with Gasteiger partial charge in [0.2, 0.25) is 5.95 Å². The summed E-state index contributed by atoms with van der Waals surface area (Å²) in [6, 6.07) is 26.7. The van der Waals surface area contributed by atoms with Crippen molar-refractivity contribution in [3.63, 3.8) is 0 Å². The van der Waals surface area contributed by atoms with Crippen LogP contribution in [0.5, 0.6) is 5.75 Å². The minimum absolute atomic E-state index is 0.191.